The highest BCUT2D eigenvalue weighted by Gasteiger charge is 2.11. The first-order chi connectivity index (χ1) is 8.45. The van der Waals surface area contributed by atoms with Crippen LogP contribution in [0.25, 0.3) is 0 Å². The van der Waals surface area contributed by atoms with E-state index >= 15 is 0 Å². The molecule has 0 aromatic heterocycles. The van der Waals surface area contributed by atoms with Crippen LogP contribution in [0.3, 0.4) is 0 Å². The normalized spacial score (nSPS) is 11.1. The zero-order valence-electron chi connectivity index (χ0n) is 10.5. The Kier molecular flexibility index (Phi) is 5.31. The van der Waals surface area contributed by atoms with Gasteiger partial charge in [-0.25, -0.2) is 0 Å². The van der Waals surface area contributed by atoms with Crippen LogP contribution in [-0.2, 0) is 16.8 Å². The maximum atomic E-state index is 11.5. The van der Waals surface area contributed by atoms with Crippen molar-refractivity contribution in [1.29, 1.82) is 0 Å². The fourth-order valence-electron chi connectivity index (χ4n) is 1.16. The molecule has 0 heterocycles. The first-order valence-electron chi connectivity index (χ1n) is 5.40. The van der Waals surface area contributed by atoms with E-state index in [1.165, 1.54) is 14.1 Å². The van der Waals surface area contributed by atoms with Gasteiger partial charge in [-0.3, -0.25) is 0 Å². The quantitative estimate of drug-likeness (QED) is 0.748. The van der Waals surface area contributed by atoms with Crippen molar-refractivity contribution >= 4 is 10.2 Å². The van der Waals surface area contributed by atoms with E-state index < -0.39 is 10.2 Å². The minimum atomic E-state index is -3.38. The fourth-order valence-corrected chi connectivity index (χ4v) is 1.77. The van der Waals surface area contributed by atoms with Crippen molar-refractivity contribution in [2.24, 2.45) is 5.73 Å². The van der Waals surface area contributed by atoms with E-state index in [2.05, 4.69) is 16.6 Å². The second-order valence-electron chi connectivity index (χ2n) is 3.81. The summed E-state index contributed by atoms with van der Waals surface area (Å²) in [5.74, 6) is 5.66. The van der Waals surface area contributed by atoms with E-state index in [0.29, 0.717) is 6.54 Å². The summed E-state index contributed by atoms with van der Waals surface area (Å²) in [6.45, 7) is 0.579. The molecule has 0 radical (unpaired) electrons. The van der Waals surface area contributed by atoms with Gasteiger partial charge < -0.3 is 5.73 Å². The third kappa shape index (κ3) is 4.47. The molecule has 0 saturated carbocycles. The smallest absolute Gasteiger partial charge is 0.279 e. The van der Waals surface area contributed by atoms with Gasteiger partial charge in [-0.15, -0.1) is 0 Å². The number of hydrogen-bond donors (Lipinski definition) is 2. The lowest BCUT2D eigenvalue weighted by atomic mass is 10.1. The van der Waals surface area contributed by atoms with E-state index in [4.69, 9.17) is 5.73 Å². The summed E-state index contributed by atoms with van der Waals surface area (Å²) in [6, 6.07) is 7.33. The van der Waals surface area contributed by atoms with Gasteiger partial charge in [-0.05, 0) is 17.7 Å². The van der Waals surface area contributed by atoms with Gasteiger partial charge in [0.2, 0.25) is 0 Å². The van der Waals surface area contributed by atoms with Crippen molar-refractivity contribution < 1.29 is 8.42 Å². The van der Waals surface area contributed by atoms with Crippen molar-refractivity contribution in [3.05, 3.63) is 35.4 Å². The van der Waals surface area contributed by atoms with Crippen LogP contribution in [0.5, 0.6) is 0 Å². The molecule has 1 aromatic carbocycles. The maximum Gasteiger partial charge on any atom is 0.279 e. The van der Waals surface area contributed by atoms with Crippen molar-refractivity contribution in [2.45, 2.75) is 6.54 Å². The largest absolute Gasteiger partial charge is 0.320 e. The zero-order chi connectivity index (χ0) is 13.6. The number of nitrogens with two attached hydrogens (primary N) is 1. The summed E-state index contributed by atoms with van der Waals surface area (Å²) in [5.41, 5.74) is 7.01. The molecule has 18 heavy (non-hydrogen) atoms. The lowest BCUT2D eigenvalue weighted by Gasteiger charge is -2.12. The first-order valence-corrected chi connectivity index (χ1v) is 6.84. The molecule has 0 aliphatic heterocycles. The lowest BCUT2D eigenvalue weighted by Crippen LogP contribution is -2.35. The van der Waals surface area contributed by atoms with Gasteiger partial charge in [-0.2, -0.15) is 17.4 Å². The van der Waals surface area contributed by atoms with Crippen LogP contribution >= 0.6 is 0 Å². The molecule has 0 fully saturated rings. The monoisotopic (exact) mass is 267 g/mol. The van der Waals surface area contributed by atoms with Crippen LogP contribution in [0.1, 0.15) is 11.1 Å². The summed E-state index contributed by atoms with van der Waals surface area (Å²) in [7, 11) is -0.422. The average Bonchev–Trinajstić information content (AvgIpc) is 2.35. The van der Waals surface area contributed by atoms with Gasteiger partial charge in [0.1, 0.15) is 0 Å². The van der Waals surface area contributed by atoms with E-state index in [1.807, 2.05) is 24.3 Å². The Morgan fingerprint density at radius 1 is 1.28 bits per heavy atom. The number of rotatable bonds is 4. The molecule has 1 aromatic rings. The fraction of sp³-hybridized carbons (Fsp3) is 0.333. The van der Waals surface area contributed by atoms with Crippen molar-refractivity contribution in [1.82, 2.24) is 9.03 Å². The molecule has 98 valence electrons. The summed E-state index contributed by atoms with van der Waals surface area (Å²) in [6.07, 6.45) is 0. The highest BCUT2D eigenvalue weighted by molar-refractivity contribution is 7.87. The predicted octanol–water partition coefficient (Wildman–Crippen LogP) is -0.107. The molecule has 3 N–H and O–H groups in total. The van der Waals surface area contributed by atoms with Crippen LogP contribution < -0.4 is 10.5 Å². The number of hydrogen-bond acceptors (Lipinski definition) is 3. The molecule has 0 amide bonds. The van der Waals surface area contributed by atoms with Gasteiger partial charge in [0, 0.05) is 26.2 Å². The Morgan fingerprint density at radius 2 is 1.89 bits per heavy atom. The third-order valence-electron chi connectivity index (χ3n) is 2.23. The molecule has 0 aliphatic carbocycles. The number of nitrogens with one attached hydrogen (secondary N) is 1. The van der Waals surface area contributed by atoms with Gasteiger partial charge in [-0.1, -0.05) is 24.0 Å². The van der Waals surface area contributed by atoms with Crippen molar-refractivity contribution in [3.63, 3.8) is 0 Å². The molecule has 0 unspecified atom stereocenters. The van der Waals surface area contributed by atoms with Gasteiger partial charge in [0.15, 0.2) is 0 Å². The standard InChI is InChI=1S/C12H17N3O2S/c1-15(2)18(16,17)14-10-12-7-5-11(6-8-12)4-3-9-13/h5-8,14H,9-10,13H2,1-2H3. The van der Waals surface area contributed by atoms with Crippen molar-refractivity contribution in [2.75, 3.05) is 20.6 Å². The Bertz CT molecular complexity index is 539. The molecule has 0 atom stereocenters. The molecule has 0 spiro atoms. The van der Waals surface area contributed by atoms with Gasteiger partial charge in [0.25, 0.3) is 10.2 Å². The lowest BCUT2D eigenvalue weighted by molar-refractivity contribution is 0.505. The minimum absolute atomic E-state index is 0.255. The second kappa shape index (κ2) is 6.52. The summed E-state index contributed by atoms with van der Waals surface area (Å²) in [4.78, 5) is 0. The van der Waals surface area contributed by atoms with Crippen LogP contribution in [-0.4, -0.2) is 33.4 Å². The molecule has 5 nitrogen and oxygen atoms in total. The highest BCUT2D eigenvalue weighted by atomic mass is 32.2. The van der Waals surface area contributed by atoms with Gasteiger partial charge >= 0.3 is 0 Å². The number of benzene rings is 1. The summed E-state index contributed by atoms with van der Waals surface area (Å²) >= 11 is 0. The molecule has 1 rings (SSSR count). The average molecular weight is 267 g/mol. The second-order valence-corrected chi connectivity index (χ2v) is 5.78. The van der Waals surface area contributed by atoms with E-state index in [9.17, 15) is 8.42 Å². The van der Waals surface area contributed by atoms with E-state index in [1.54, 1.807) is 0 Å². The summed E-state index contributed by atoms with van der Waals surface area (Å²) in [5, 5.41) is 0. The highest BCUT2D eigenvalue weighted by Crippen LogP contribution is 2.04. The Labute approximate surface area is 108 Å². The molecule has 6 heteroatoms. The number of nitrogens with zero attached hydrogens (tertiary/aromatic N) is 1. The SMILES string of the molecule is CN(C)S(=O)(=O)NCc1ccc(C#CCN)cc1. The summed E-state index contributed by atoms with van der Waals surface area (Å²) < 4.78 is 26.6. The van der Waals surface area contributed by atoms with E-state index in [0.717, 1.165) is 15.4 Å². The molecule has 0 saturated heterocycles. The van der Waals surface area contributed by atoms with Crippen LogP contribution in [0.4, 0.5) is 0 Å². The zero-order valence-corrected chi connectivity index (χ0v) is 11.3. The Hall–Kier alpha value is -1.39. The Morgan fingerprint density at radius 3 is 2.39 bits per heavy atom. The van der Waals surface area contributed by atoms with Gasteiger partial charge in [0.05, 0.1) is 6.54 Å². The molecule has 0 bridgehead atoms. The van der Waals surface area contributed by atoms with E-state index in [-0.39, 0.29) is 6.54 Å². The van der Waals surface area contributed by atoms with Crippen LogP contribution in [0.2, 0.25) is 0 Å². The third-order valence-corrected chi connectivity index (χ3v) is 3.70. The molecule has 0 aliphatic rings. The topological polar surface area (TPSA) is 75.4 Å². The Balaban J connectivity index is 2.65. The predicted molar refractivity (Wildman–Crippen MR) is 71.8 cm³/mol. The maximum absolute atomic E-state index is 11.5. The first kappa shape index (κ1) is 14.7. The van der Waals surface area contributed by atoms with Crippen LogP contribution in [0.15, 0.2) is 24.3 Å². The molecular formula is C12H17N3O2S. The van der Waals surface area contributed by atoms with Crippen LogP contribution in [0, 0.1) is 11.8 Å². The van der Waals surface area contributed by atoms with Crippen molar-refractivity contribution in [3.8, 4) is 11.8 Å². The molecular weight excluding hydrogens is 250 g/mol. The minimum Gasteiger partial charge on any atom is -0.320 e.